The van der Waals surface area contributed by atoms with Crippen LogP contribution < -0.4 is 16.4 Å². The van der Waals surface area contributed by atoms with Crippen LogP contribution in [-0.2, 0) is 28.7 Å². The molecule has 0 aliphatic rings. The molecule has 2 atom stereocenters. The van der Waals surface area contributed by atoms with Gasteiger partial charge in [-0.05, 0) is 39.2 Å². The first-order valence-electron chi connectivity index (χ1n) is 12.9. The summed E-state index contributed by atoms with van der Waals surface area (Å²) in [6.45, 7) is 6.93. The number of rotatable bonds is 15. The van der Waals surface area contributed by atoms with Crippen LogP contribution >= 0.6 is 0 Å². The molecule has 0 aliphatic heterocycles. The van der Waals surface area contributed by atoms with Crippen LogP contribution in [0.2, 0.25) is 0 Å². The first kappa shape index (κ1) is 32.4. The van der Waals surface area contributed by atoms with Crippen molar-refractivity contribution < 1.29 is 33.4 Å². The second-order valence-electron chi connectivity index (χ2n) is 9.90. The maximum absolute atomic E-state index is 14.0. The Morgan fingerprint density at radius 3 is 2.24 bits per heavy atom. The Kier molecular flexibility index (Phi) is 13.9. The Labute approximate surface area is 224 Å². The number of carbonyl (C=O) groups is 5. The number of amides is 4. The van der Waals surface area contributed by atoms with Gasteiger partial charge in [0.05, 0.1) is 7.11 Å². The number of nitrogens with one attached hydrogen (secondary N) is 2. The molecule has 0 fully saturated rings. The van der Waals surface area contributed by atoms with Crippen LogP contribution in [0.4, 0.5) is 4.79 Å². The SMILES string of the molecule is CCCCCCN(C(=O)C(CCC(N)=O)NC(=O)OC(C)(C)C)C(C(=O)NCC(=O)OC)c1ccccc1. The molecular formula is C27H42N4O7. The van der Waals surface area contributed by atoms with E-state index < -0.39 is 47.5 Å². The molecule has 11 nitrogen and oxygen atoms in total. The van der Waals surface area contributed by atoms with Crippen LogP contribution in [0.1, 0.15) is 77.8 Å². The van der Waals surface area contributed by atoms with Gasteiger partial charge in [-0.15, -0.1) is 0 Å². The molecule has 0 bridgehead atoms. The van der Waals surface area contributed by atoms with Crippen molar-refractivity contribution in [3.8, 4) is 0 Å². The van der Waals surface area contributed by atoms with Crippen molar-refractivity contribution in [1.29, 1.82) is 0 Å². The second-order valence-corrected chi connectivity index (χ2v) is 9.90. The molecule has 2 unspecified atom stereocenters. The maximum atomic E-state index is 14.0. The van der Waals surface area contributed by atoms with Crippen LogP contribution in [0.25, 0.3) is 0 Å². The first-order valence-corrected chi connectivity index (χ1v) is 12.9. The van der Waals surface area contributed by atoms with Gasteiger partial charge in [0.2, 0.25) is 17.7 Å². The maximum Gasteiger partial charge on any atom is 0.408 e. The highest BCUT2D eigenvalue weighted by Gasteiger charge is 2.36. The third-order valence-electron chi connectivity index (χ3n) is 5.51. The summed E-state index contributed by atoms with van der Waals surface area (Å²) in [5.74, 6) is -2.44. The molecule has 1 aromatic carbocycles. The van der Waals surface area contributed by atoms with E-state index in [1.54, 1.807) is 51.1 Å². The van der Waals surface area contributed by atoms with E-state index in [1.165, 1.54) is 12.0 Å². The number of primary amides is 1. The minimum Gasteiger partial charge on any atom is -0.468 e. The normalized spacial score (nSPS) is 12.6. The predicted octanol–water partition coefficient (Wildman–Crippen LogP) is 2.58. The van der Waals surface area contributed by atoms with E-state index >= 15 is 0 Å². The molecule has 0 radical (unpaired) electrons. The number of hydrogen-bond acceptors (Lipinski definition) is 7. The van der Waals surface area contributed by atoms with Crippen LogP contribution in [0, 0.1) is 0 Å². The number of unbranched alkanes of at least 4 members (excludes halogenated alkanes) is 3. The second kappa shape index (κ2) is 16.3. The van der Waals surface area contributed by atoms with Gasteiger partial charge in [0.1, 0.15) is 24.2 Å². The van der Waals surface area contributed by atoms with E-state index in [4.69, 9.17) is 10.5 Å². The lowest BCUT2D eigenvalue weighted by molar-refractivity contribution is -0.145. The highest BCUT2D eigenvalue weighted by Crippen LogP contribution is 2.24. The van der Waals surface area contributed by atoms with Crippen molar-refractivity contribution in [3.63, 3.8) is 0 Å². The van der Waals surface area contributed by atoms with Gasteiger partial charge >= 0.3 is 12.1 Å². The summed E-state index contributed by atoms with van der Waals surface area (Å²) in [5.41, 5.74) is 5.03. The number of carbonyl (C=O) groups excluding carboxylic acids is 5. The number of benzene rings is 1. The summed E-state index contributed by atoms with van der Waals surface area (Å²) in [6.07, 6.45) is 2.24. The van der Waals surface area contributed by atoms with E-state index in [2.05, 4.69) is 22.3 Å². The van der Waals surface area contributed by atoms with E-state index in [9.17, 15) is 24.0 Å². The van der Waals surface area contributed by atoms with Crippen molar-refractivity contribution in [1.82, 2.24) is 15.5 Å². The van der Waals surface area contributed by atoms with E-state index in [0.717, 1.165) is 19.3 Å². The Bertz CT molecular complexity index is 931. The van der Waals surface area contributed by atoms with Gasteiger partial charge in [-0.1, -0.05) is 56.5 Å². The zero-order chi connectivity index (χ0) is 28.7. The van der Waals surface area contributed by atoms with E-state index in [-0.39, 0.29) is 25.9 Å². The fraction of sp³-hybridized carbons (Fsp3) is 0.593. The van der Waals surface area contributed by atoms with Crippen molar-refractivity contribution >= 4 is 29.8 Å². The van der Waals surface area contributed by atoms with Crippen molar-refractivity contribution in [2.45, 2.75) is 83.9 Å². The summed E-state index contributed by atoms with van der Waals surface area (Å²) < 4.78 is 9.94. The molecule has 38 heavy (non-hydrogen) atoms. The zero-order valence-electron chi connectivity index (χ0n) is 23.1. The number of hydrogen-bond donors (Lipinski definition) is 3. The number of esters is 1. The zero-order valence-corrected chi connectivity index (χ0v) is 23.1. The molecule has 1 aromatic rings. The minimum atomic E-state index is -1.18. The molecule has 4 amide bonds. The fourth-order valence-corrected chi connectivity index (χ4v) is 3.71. The van der Waals surface area contributed by atoms with Gasteiger partial charge in [0.25, 0.3) is 0 Å². The average Bonchev–Trinajstić information content (AvgIpc) is 2.85. The Morgan fingerprint density at radius 1 is 1.03 bits per heavy atom. The fourth-order valence-electron chi connectivity index (χ4n) is 3.71. The van der Waals surface area contributed by atoms with Crippen LogP contribution in [-0.4, -0.2) is 66.5 Å². The lowest BCUT2D eigenvalue weighted by Crippen LogP contribution is -2.53. The van der Waals surface area contributed by atoms with Crippen LogP contribution in [0.5, 0.6) is 0 Å². The lowest BCUT2D eigenvalue weighted by Gasteiger charge is -2.34. The topological polar surface area (TPSA) is 157 Å². The Hall–Kier alpha value is -3.63. The highest BCUT2D eigenvalue weighted by atomic mass is 16.6. The summed E-state index contributed by atoms with van der Waals surface area (Å²) in [6, 6.07) is 6.37. The molecule has 0 spiro atoms. The molecule has 0 aromatic heterocycles. The van der Waals surface area contributed by atoms with Gasteiger partial charge in [-0.25, -0.2) is 4.79 Å². The molecule has 4 N–H and O–H groups in total. The smallest absolute Gasteiger partial charge is 0.408 e. The quantitative estimate of drug-likeness (QED) is 0.230. The number of ether oxygens (including phenoxy) is 2. The number of methoxy groups -OCH3 is 1. The van der Waals surface area contributed by atoms with E-state index in [1.807, 2.05) is 0 Å². The standard InChI is InChI=1S/C27H42N4O7/c1-6-7-8-12-17-31(23(19-13-10-9-11-14-19)24(34)29-18-22(33)37-5)25(35)20(15-16-21(28)32)30-26(36)38-27(2,3)4/h9-11,13-14,20,23H,6-8,12,15-18H2,1-5H3,(H2,28,32)(H,29,34)(H,30,36). The molecule has 212 valence electrons. The molecule has 11 heteroatoms. The van der Waals surface area contributed by atoms with Crippen molar-refractivity contribution in [3.05, 3.63) is 35.9 Å². The summed E-state index contributed by atoms with van der Waals surface area (Å²) in [7, 11) is 1.21. The molecule has 0 aliphatic carbocycles. The van der Waals surface area contributed by atoms with Gasteiger partial charge in [-0.3, -0.25) is 19.2 Å². The van der Waals surface area contributed by atoms with Gasteiger partial charge in [0, 0.05) is 13.0 Å². The highest BCUT2D eigenvalue weighted by molar-refractivity contribution is 5.93. The van der Waals surface area contributed by atoms with Crippen molar-refractivity contribution in [2.24, 2.45) is 5.73 Å². The van der Waals surface area contributed by atoms with E-state index in [0.29, 0.717) is 12.0 Å². The monoisotopic (exact) mass is 534 g/mol. The van der Waals surface area contributed by atoms with Gasteiger partial charge < -0.3 is 30.7 Å². The predicted molar refractivity (Wildman–Crippen MR) is 142 cm³/mol. The van der Waals surface area contributed by atoms with Crippen LogP contribution in [0.3, 0.4) is 0 Å². The molecule has 0 heterocycles. The Balaban J connectivity index is 3.43. The number of nitrogens with two attached hydrogens (primary N) is 1. The largest absolute Gasteiger partial charge is 0.468 e. The summed E-state index contributed by atoms with van der Waals surface area (Å²) >= 11 is 0. The lowest BCUT2D eigenvalue weighted by atomic mass is 10.0. The van der Waals surface area contributed by atoms with Gasteiger partial charge in [-0.2, -0.15) is 0 Å². The molecule has 1 rings (SSSR count). The molecular weight excluding hydrogens is 492 g/mol. The Morgan fingerprint density at radius 2 is 1.68 bits per heavy atom. The first-order chi connectivity index (χ1) is 17.9. The summed E-state index contributed by atoms with van der Waals surface area (Å²) in [5, 5.41) is 5.09. The van der Waals surface area contributed by atoms with Crippen molar-refractivity contribution in [2.75, 3.05) is 20.2 Å². The third kappa shape index (κ3) is 12.1. The van der Waals surface area contributed by atoms with Crippen LogP contribution in [0.15, 0.2) is 30.3 Å². The average molecular weight is 535 g/mol. The number of alkyl carbamates (subject to hydrolysis) is 1. The summed E-state index contributed by atoms with van der Waals surface area (Å²) in [4.78, 5) is 64.5. The third-order valence-corrected chi connectivity index (χ3v) is 5.51. The molecule has 0 saturated heterocycles. The molecule has 0 saturated carbocycles. The number of nitrogens with zero attached hydrogens (tertiary/aromatic N) is 1. The van der Waals surface area contributed by atoms with Gasteiger partial charge in [0.15, 0.2) is 0 Å². The minimum absolute atomic E-state index is 0.0792.